The third kappa shape index (κ3) is 4.43. The molecule has 0 bridgehead atoms. The highest BCUT2D eigenvalue weighted by atomic mass is 32.2. The van der Waals surface area contributed by atoms with Crippen LogP contribution < -0.4 is 0 Å². The highest BCUT2D eigenvalue weighted by molar-refractivity contribution is 7.91. The van der Waals surface area contributed by atoms with Crippen LogP contribution in [-0.2, 0) is 27.6 Å². The Morgan fingerprint density at radius 3 is 2.43 bits per heavy atom. The third-order valence-corrected chi connectivity index (χ3v) is 7.59. The van der Waals surface area contributed by atoms with E-state index in [-0.39, 0.29) is 23.3 Å². The van der Waals surface area contributed by atoms with Gasteiger partial charge in [-0.25, -0.2) is 8.42 Å². The van der Waals surface area contributed by atoms with Crippen molar-refractivity contribution in [1.82, 2.24) is 4.90 Å². The lowest BCUT2D eigenvalue weighted by Gasteiger charge is -2.24. The van der Waals surface area contributed by atoms with Crippen LogP contribution in [0.5, 0.6) is 0 Å². The van der Waals surface area contributed by atoms with E-state index in [1.807, 2.05) is 33.9 Å². The number of carbonyl (C=O) groups is 1. The van der Waals surface area contributed by atoms with Crippen LogP contribution >= 0.6 is 22.7 Å². The lowest BCUT2D eigenvalue weighted by atomic mass is 10.1. The van der Waals surface area contributed by atoms with Crippen LogP contribution in [0.4, 0.5) is 0 Å². The van der Waals surface area contributed by atoms with E-state index in [2.05, 4.69) is 6.07 Å². The number of nitrogens with zero attached hydrogens (tertiary/aromatic N) is 1. The first-order chi connectivity index (χ1) is 11.0. The van der Waals surface area contributed by atoms with Crippen LogP contribution in [0.15, 0.2) is 35.0 Å². The zero-order chi connectivity index (χ0) is 16.3. The molecule has 0 N–H and O–H groups in total. The summed E-state index contributed by atoms with van der Waals surface area (Å²) in [5.41, 5.74) is 0. The molecular weight excluding hydrogens is 350 g/mol. The summed E-state index contributed by atoms with van der Waals surface area (Å²) in [6, 6.07) is 8.07. The number of sulfone groups is 1. The molecule has 0 saturated carbocycles. The molecule has 7 heteroatoms. The Hall–Kier alpha value is -1.18. The summed E-state index contributed by atoms with van der Waals surface area (Å²) in [6.45, 7) is 1.20. The van der Waals surface area contributed by atoms with E-state index in [0.29, 0.717) is 19.5 Å². The van der Waals surface area contributed by atoms with Crippen LogP contribution in [0.25, 0.3) is 0 Å². The molecule has 0 aliphatic carbocycles. The van der Waals surface area contributed by atoms with Crippen LogP contribution in [-0.4, -0.2) is 37.3 Å². The van der Waals surface area contributed by atoms with E-state index in [1.165, 1.54) is 4.88 Å². The summed E-state index contributed by atoms with van der Waals surface area (Å²) in [7, 11) is -3.04. The van der Waals surface area contributed by atoms with Crippen LogP contribution in [0, 0.1) is 5.92 Å². The Labute approximate surface area is 144 Å². The van der Waals surface area contributed by atoms with E-state index in [4.69, 9.17) is 0 Å². The van der Waals surface area contributed by atoms with Gasteiger partial charge in [0.1, 0.15) is 0 Å². The number of amides is 1. The van der Waals surface area contributed by atoms with Crippen molar-refractivity contribution in [2.24, 2.45) is 5.92 Å². The molecule has 0 aromatic carbocycles. The highest BCUT2D eigenvalue weighted by Gasteiger charge is 2.35. The Kier molecular flexibility index (Phi) is 5.18. The summed E-state index contributed by atoms with van der Waals surface area (Å²) in [4.78, 5) is 17.0. The van der Waals surface area contributed by atoms with Crippen molar-refractivity contribution in [3.05, 3.63) is 44.8 Å². The molecule has 1 aliphatic rings. The predicted octanol–water partition coefficient (Wildman–Crippen LogP) is 2.82. The summed E-state index contributed by atoms with van der Waals surface area (Å²) < 4.78 is 23.3. The normalized spacial score (nSPS) is 19.7. The average Bonchev–Trinajstić information content (AvgIpc) is 3.24. The van der Waals surface area contributed by atoms with Gasteiger partial charge in [0.05, 0.1) is 24.0 Å². The molecule has 0 spiro atoms. The largest absolute Gasteiger partial charge is 0.337 e. The van der Waals surface area contributed by atoms with Gasteiger partial charge in [-0.1, -0.05) is 12.1 Å². The zero-order valence-corrected chi connectivity index (χ0v) is 15.1. The van der Waals surface area contributed by atoms with Gasteiger partial charge in [0.2, 0.25) is 5.91 Å². The standard InChI is InChI=1S/C16H19NO3S3/c18-16(13-6-10-23(19,20)12-13)17(11-15-4-2-9-22-15)7-5-14-3-1-8-21-14/h1-4,8-9,13H,5-7,10-12H2/t13-/m1/s1. The van der Waals surface area contributed by atoms with E-state index in [1.54, 1.807) is 22.7 Å². The summed E-state index contributed by atoms with van der Waals surface area (Å²) >= 11 is 3.31. The number of rotatable bonds is 6. The smallest absolute Gasteiger partial charge is 0.227 e. The molecule has 2 aromatic heterocycles. The Morgan fingerprint density at radius 1 is 1.17 bits per heavy atom. The van der Waals surface area contributed by atoms with Crippen molar-refractivity contribution in [1.29, 1.82) is 0 Å². The van der Waals surface area contributed by atoms with Gasteiger partial charge in [0, 0.05) is 16.3 Å². The average molecular weight is 370 g/mol. The van der Waals surface area contributed by atoms with Crippen molar-refractivity contribution in [2.45, 2.75) is 19.4 Å². The van der Waals surface area contributed by atoms with Gasteiger partial charge in [0.25, 0.3) is 0 Å². The second-order valence-electron chi connectivity index (χ2n) is 5.77. The lowest BCUT2D eigenvalue weighted by molar-refractivity contribution is -0.135. The monoisotopic (exact) mass is 369 g/mol. The van der Waals surface area contributed by atoms with Crippen molar-refractivity contribution < 1.29 is 13.2 Å². The molecule has 2 aromatic rings. The minimum Gasteiger partial charge on any atom is -0.337 e. The second kappa shape index (κ2) is 7.15. The number of carbonyl (C=O) groups excluding carboxylic acids is 1. The van der Waals surface area contributed by atoms with E-state index >= 15 is 0 Å². The fourth-order valence-corrected chi connectivity index (χ4v) is 5.96. The van der Waals surface area contributed by atoms with Gasteiger partial charge in [-0.05, 0) is 35.7 Å². The van der Waals surface area contributed by atoms with E-state index < -0.39 is 9.84 Å². The first-order valence-corrected chi connectivity index (χ1v) is 11.2. The first kappa shape index (κ1) is 16.7. The molecule has 0 unspecified atom stereocenters. The van der Waals surface area contributed by atoms with Gasteiger partial charge >= 0.3 is 0 Å². The van der Waals surface area contributed by atoms with Crippen molar-refractivity contribution in [2.75, 3.05) is 18.1 Å². The van der Waals surface area contributed by atoms with Gasteiger partial charge in [-0.3, -0.25) is 4.79 Å². The number of hydrogen-bond donors (Lipinski definition) is 0. The first-order valence-electron chi connectivity index (χ1n) is 7.57. The Balaban J connectivity index is 1.69. The molecule has 23 heavy (non-hydrogen) atoms. The fourth-order valence-electron chi connectivity index (χ4n) is 2.81. The maximum absolute atomic E-state index is 12.8. The lowest BCUT2D eigenvalue weighted by Crippen LogP contribution is -2.37. The quantitative estimate of drug-likeness (QED) is 0.787. The van der Waals surface area contributed by atoms with Gasteiger partial charge in [-0.2, -0.15) is 0 Å². The number of thiophene rings is 2. The zero-order valence-electron chi connectivity index (χ0n) is 12.7. The Morgan fingerprint density at radius 2 is 1.87 bits per heavy atom. The molecule has 1 amide bonds. The molecular formula is C16H19NO3S3. The molecule has 0 radical (unpaired) electrons. The van der Waals surface area contributed by atoms with Gasteiger partial charge < -0.3 is 4.90 Å². The van der Waals surface area contributed by atoms with Crippen LogP contribution in [0.2, 0.25) is 0 Å². The summed E-state index contributed by atoms with van der Waals surface area (Å²) in [5.74, 6) is -0.244. The van der Waals surface area contributed by atoms with Crippen LogP contribution in [0.1, 0.15) is 16.2 Å². The molecule has 1 fully saturated rings. The van der Waals surface area contributed by atoms with Crippen molar-refractivity contribution >= 4 is 38.4 Å². The van der Waals surface area contributed by atoms with Gasteiger partial charge in [-0.15, -0.1) is 22.7 Å². The molecule has 3 rings (SSSR count). The second-order valence-corrected chi connectivity index (χ2v) is 10.1. The molecule has 1 saturated heterocycles. The van der Waals surface area contributed by atoms with Crippen LogP contribution in [0.3, 0.4) is 0 Å². The molecule has 1 aliphatic heterocycles. The maximum Gasteiger partial charge on any atom is 0.227 e. The molecule has 1 atom stereocenters. The van der Waals surface area contributed by atoms with E-state index in [0.717, 1.165) is 11.3 Å². The minimum absolute atomic E-state index is 0.00573. The third-order valence-electron chi connectivity index (χ3n) is 4.03. The summed E-state index contributed by atoms with van der Waals surface area (Å²) in [6.07, 6.45) is 1.27. The topological polar surface area (TPSA) is 54.5 Å². The predicted molar refractivity (Wildman–Crippen MR) is 94.5 cm³/mol. The Bertz CT molecular complexity index is 736. The number of hydrogen-bond acceptors (Lipinski definition) is 5. The minimum atomic E-state index is -3.04. The van der Waals surface area contributed by atoms with Crippen molar-refractivity contribution in [3.8, 4) is 0 Å². The molecule has 3 heterocycles. The maximum atomic E-state index is 12.8. The fraction of sp³-hybridized carbons (Fsp3) is 0.438. The van der Waals surface area contributed by atoms with E-state index in [9.17, 15) is 13.2 Å². The van der Waals surface area contributed by atoms with Gasteiger partial charge in [0.15, 0.2) is 9.84 Å². The SMILES string of the molecule is O=C([C@@H]1CCS(=O)(=O)C1)N(CCc1cccs1)Cc1cccs1. The molecule has 124 valence electrons. The molecule has 4 nitrogen and oxygen atoms in total. The highest BCUT2D eigenvalue weighted by Crippen LogP contribution is 2.23. The van der Waals surface area contributed by atoms with Crippen molar-refractivity contribution in [3.63, 3.8) is 0 Å². The summed E-state index contributed by atoms with van der Waals surface area (Å²) in [5, 5.41) is 4.03.